The van der Waals surface area contributed by atoms with Crippen molar-refractivity contribution in [1.29, 1.82) is 0 Å². The fraction of sp³-hybridized carbons (Fsp3) is 0.429. The number of amides is 1. The monoisotopic (exact) mass is 464 g/mol. The molecule has 8 nitrogen and oxygen atoms in total. The van der Waals surface area contributed by atoms with Crippen molar-refractivity contribution in [2.75, 3.05) is 11.9 Å². The number of anilines is 1. The van der Waals surface area contributed by atoms with Gasteiger partial charge in [0.15, 0.2) is 5.65 Å². The Morgan fingerprint density at radius 1 is 1.31 bits per heavy atom. The van der Waals surface area contributed by atoms with Gasteiger partial charge >= 0.3 is 0 Å². The molecule has 0 aromatic carbocycles. The van der Waals surface area contributed by atoms with Crippen LogP contribution in [0.1, 0.15) is 37.0 Å². The summed E-state index contributed by atoms with van der Waals surface area (Å²) in [6.45, 7) is 2.29. The average molecular weight is 465 g/mol. The van der Waals surface area contributed by atoms with Crippen LogP contribution in [0.2, 0.25) is 5.02 Å². The van der Waals surface area contributed by atoms with E-state index in [9.17, 15) is 18.7 Å². The zero-order valence-electron chi connectivity index (χ0n) is 17.5. The highest BCUT2D eigenvalue weighted by Crippen LogP contribution is 2.30. The largest absolute Gasteiger partial charge is 0.387 e. The van der Waals surface area contributed by atoms with Gasteiger partial charge in [-0.25, -0.2) is 18.3 Å². The number of aliphatic hydroxyl groups is 1. The molecule has 0 spiro atoms. The lowest BCUT2D eigenvalue weighted by Gasteiger charge is -2.32. The number of hydrogen-bond acceptors (Lipinski definition) is 6. The summed E-state index contributed by atoms with van der Waals surface area (Å²) in [6, 6.07) is 3.18. The van der Waals surface area contributed by atoms with Crippen LogP contribution >= 0.6 is 11.6 Å². The van der Waals surface area contributed by atoms with Crippen molar-refractivity contribution < 1.29 is 18.7 Å². The number of rotatable bonds is 7. The van der Waals surface area contributed by atoms with Crippen LogP contribution in [0.25, 0.3) is 17.0 Å². The molecule has 0 aliphatic heterocycles. The maximum Gasteiger partial charge on any atom is 0.255 e. The molecule has 1 amide bonds. The van der Waals surface area contributed by atoms with Crippen LogP contribution in [-0.2, 0) is 0 Å². The van der Waals surface area contributed by atoms with E-state index in [1.165, 1.54) is 26.2 Å². The Labute approximate surface area is 188 Å². The number of aromatic nitrogens is 4. The molecule has 1 atom stereocenters. The molecule has 1 aliphatic carbocycles. The van der Waals surface area contributed by atoms with E-state index in [2.05, 4.69) is 25.7 Å². The lowest BCUT2D eigenvalue weighted by Crippen LogP contribution is -2.42. The van der Waals surface area contributed by atoms with Crippen LogP contribution in [-0.4, -0.2) is 61.1 Å². The number of carbonyl (C=O) groups excluding carboxylic acids is 1. The predicted molar refractivity (Wildman–Crippen MR) is 116 cm³/mol. The maximum absolute atomic E-state index is 14.1. The summed E-state index contributed by atoms with van der Waals surface area (Å²) in [4.78, 5) is 21.4. The minimum atomic E-state index is -1.65. The second-order valence-corrected chi connectivity index (χ2v) is 8.88. The van der Waals surface area contributed by atoms with Gasteiger partial charge in [-0.1, -0.05) is 11.6 Å². The lowest BCUT2D eigenvalue weighted by molar-refractivity contribution is -0.00177. The summed E-state index contributed by atoms with van der Waals surface area (Å²) in [5.41, 5.74) is 0.635. The number of imidazole rings is 1. The maximum atomic E-state index is 14.1. The summed E-state index contributed by atoms with van der Waals surface area (Å²) >= 11 is 5.97. The standard InChI is InChI=1S/C21H23ClF2N6O2/c1-21(2,32)18(24)10-27-20(31)14-8-25-16(6-15(14)29-13-4-12(23)5-13)17-9-26-19-3-11(22)7-28-30(17)19/h3,6-9,12-13,18,32H,4-5,10H2,1-2H3,(H,25,29)(H,27,31). The molecule has 4 rings (SSSR count). The first kappa shape index (κ1) is 22.3. The number of hydrogen-bond donors (Lipinski definition) is 3. The number of fused-ring (bicyclic) bond motifs is 1. The first-order chi connectivity index (χ1) is 15.1. The minimum Gasteiger partial charge on any atom is -0.387 e. The normalized spacial score (nSPS) is 19.4. The molecule has 0 radical (unpaired) electrons. The molecule has 1 unspecified atom stereocenters. The second-order valence-electron chi connectivity index (χ2n) is 8.44. The molecule has 32 heavy (non-hydrogen) atoms. The van der Waals surface area contributed by atoms with E-state index in [1.807, 2.05) is 0 Å². The fourth-order valence-electron chi connectivity index (χ4n) is 3.34. The van der Waals surface area contributed by atoms with E-state index in [1.54, 1.807) is 22.8 Å². The van der Waals surface area contributed by atoms with E-state index < -0.39 is 23.9 Å². The zero-order chi connectivity index (χ0) is 23.0. The topological polar surface area (TPSA) is 104 Å². The molecular weight excluding hydrogens is 442 g/mol. The molecule has 3 heterocycles. The van der Waals surface area contributed by atoms with Gasteiger partial charge in [0, 0.05) is 18.3 Å². The van der Waals surface area contributed by atoms with Gasteiger partial charge < -0.3 is 15.7 Å². The third kappa shape index (κ3) is 4.66. The molecule has 1 fully saturated rings. The summed E-state index contributed by atoms with van der Waals surface area (Å²) in [5.74, 6) is -0.558. The van der Waals surface area contributed by atoms with Crippen molar-refractivity contribution in [3.05, 3.63) is 41.3 Å². The van der Waals surface area contributed by atoms with Gasteiger partial charge in [-0.05, 0) is 32.8 Å². The Kier molecular flexibility index (Phi) is 6.00. The third-order valence-corrected chi connectivity index (χ3v) is 5.59. The number of carbonyl (C=O) groups is 1. The zero-order valence-corrected chi connectivity index (χ0v) is 18.3. The second kappa shape index (κ2) is 8.59. The van der Waals surface area contributed by atoms with Crippen LogP contribution in [0.15, 0.2) is 30.7 Å². The number of nitrogens with zero attached hydrogens (tertiary/aromatic N) is 4. The van der Waals surface area contributed by atoms with Crippen molar-refractivity contribution in [3.63, 3.8) is 0 Å². The molecular formula is C21H23ClF2N6O2. The van der Waals surface area contributed by atoms with E-state index in [0.29, 0.717) is 40.6 Å². The number of nitrogens with one attached hydrogen (secondary N) is 2. The number of halogens is 3. The molecule has 3 aromatic rings. The SMILES string of the molecule is CC(C)(O)C(F)CNC(=O)c1cnc(-c2cnc3cc(Cl)cnn23)cc1NC1CC(F)C1. The van der Waals surface area contributed by atoms with Crippen LogP contribution < -0.4 is 10.6 Å². The van der Waals surface area contributed by atoms with Gasteiger partial charge in [0.1, 0.15) is 18.0 Å². The van der Waals surface area contributed by atoms with Gasteiger partial charge in [-0.2, -0.15) is 5.10 Å². The van der Waals surface area contributed by atoms with Gasteiger partial charge in [0.05, 0.1) is 46.5 Å². The Bertz CT molecular complexity index is 1140. The summed E-state index contributed by atoms with van der Waals surface area (Å²) in [6.07, 6.45) is 2.57. The summed E-state index contributed by atoms with van der Waals surface area (Å²) in [5, 5.41) is 20.1. The average Bonchev–Trinajstić information content (AvgIpc) is 3.12. The Morgan fingerprint density at radius 3 is 2.75 bits per heavy atom. The van der Waals surface area contributed by atoms with Crippen LogP contribution in [0.4, 0.5) is 14.5 Å². The Hall–Kier alpha value is -2.85. The molecule has 0 bridgehead atoms. The van der Waals surface area contributed by atoms with Crippen molar-refractivity contribution in [3.8, 4) is 11.4 Å². The molecule has 170 valence electrons. The highest BCUT2D eigenvalue weighted by Gasteiger charge is 2.31. The van der Waals surface area contributed by atoms with Gasteiger partial charge in [-0.15, -0.1) is 0 Å². The van der Waals surface area contributed by atoms with Gasteiger partial charge in [-0.3, -0.25) is 9.78 Å². The minimum absolute atomic E-state index is 0.129. The first-order valence-electron chi connectivity index (χ1n) is 10.2. The third-order valence-electron chi connectivity index (χ3n) is 5.39. The molecule has 11 heteroatoms. The molecule has 1 saturated carbocycles. The highest BCUT2D eigenvalue weighted by atomic mass is 35.5. The number of alkyl halides is 2. The van der Waals surface area contributed by atoms with Crippen LogP contribution in [0.5, 0.6) is 0 Å². The van der Waals surface area contributed by atoms with E-state index in [4.69, 9.17) is 11.6 Å². The first-order valence-corrected chi connectivity index (χ1v) is 10.5. The van der Waals surface area contributed by atoms with Crippen molar-refractivity contribution in [2.24, 2.45) is 0 Å². The van der Waals surface area contributed by atoms with E-state index in [0.717, 1.165) is 0 Å². The Balaban J connectivity index is 1.63. The van der Waals surface area contributed by atoms with Crippen molar-refractivity contribution >= 4 is 28.8 Å². The smallest absolute Gasteiger partial charge is 0.255 e. The summed E-state index contributed by atoms with van der Waals surface area (Å²) in [7, 11) is 0. The molecule has 3 aromatic heterocycles. The van der Waals surface area contributed by atoms with E-state index >= 15 is 0 Å². The molecule has 1 aliphatic rings. The predicted octanol–water partition coefficient (Wildman–Crippen LogP) is 3.20. The quantitative estimate of drug-likeness (QED) is 0.496. The van der Waals surface area contributed by atoms with Crippen molar-refractivity contribution in [2.45, 2.75) is 50.7 Å². The molecule has 3 N–H and O–H groups in total. The van der Waals surface area contributed by atoms with E-state index in [-0.39, 0.29) is 18.2 Å². The van der Waals surface area contributed by atoms with Crippen LogP contribution in [0, 0.1) is 0 Å². The Morgan fingerprint density at radius 2 is 2.06 bits per heavy atom. The van der Waals surface area contributed by atoms with Gasteiger partial charge in [0.25, 0.3) is 5.91 Å². The lowest BCUT2D eigenvalue weighted by atomic mass is 9.90. The van der Waals surface area contributed by atoms with Gasteiger partial charge in [0.2, 0.25) is 0 Å². The highest BCUT2D eigenvalue weighted by molar-refractivity contribution is 6.30. The van der Waals surface area contributed by atoms with Crippen molar-refractivity contribution in [1.82, 2.24) is 24.9 Å². The summed E-state index contributed by atoms with van der Waals surface area (Å²) < 4.78 is 29.0. The number of pyridine rings is 1. The molecule has 0 saturated heterocycles. The fourth-order valence-corrected chi connectivity index (χ4v) is 3.48. The van der Waals surface area contributed by atoms with Crippen LogP contribution in [0.3, 0.4) is 0 Å².